The van der Waals surface area contributed by atoms with Crippen molar-refractivity contribution in [3.05, 3.63) is 52.6 Å². The summed E-state index contributed by atoms with van der Waals surface area (Å²) in [6, 6.07) is 3.46. The molecule has 9 nitrogen and oxygen atoms in total. The molecule has 3 heterocycles. The van der Waals surface area contributed by atoms with Crippen LogP contribution in [-0.4, -0.2) is 46.1 Å². The zero-order valence-electron chi connectivity index (χ0n) is 16.4. The number of aliphatic imine (C=N–C) groups is 1. The van der Waals surface area contributed by atoms with E-state index in [4.69, 9.17) is 14.9 Å². The van der Waals surface area contributed by atoms with Gasteiger partial charge in [0.05, 0.1) is 35.3 Å². The number of aromatic nitrogens is 3. The number of ether oxygens (including phenoxy) is 1. The first-order valence-electron chi connectivity index (χ1n) is 9.58. The standard InChI is InChI=1S/C20H22N6O3S/c1-2-28-14-7-13(8-14)23-11-15(18(21)20-22-5-6-30-20)26-19(27)17-4-3-16(29-17)12-9-24-25-10-12/h3-6,9-11,13-14H,2,7-8,21H2,1H3,(H,24,25)(H,26,27). The number of hydrogen-bond acceptors (Lipinski definition) is 8. The third-order valence-corrected chi connectivity index (χ3v) is 5.51. The molecule has 4 rings (SSSR count). The molecule has 0 aliphatic heterocycles. The predicted molar refractivity (Wildman–Crippen MR) is 114 cm³/mol. The van der Waals surface area contributed by atoms with Crippen LogP contribution in [0.5, 0.6) is 0 Å². The van der Waals surface area contributed by atoms with Crippen molar-refractivity contribution in [2.24, 2.45) is 10.7 Å². The monoisotopic (exact) mass is 426 g/mol. The van der Waals surface area contributed by atoms with E-state index in [1.807, 2.05) is 12.3 Å². The minimum Gasteiger partial charge on any atom is -0.451 e. The number of allylic oxidation sites excluding steroid dienone is 1. The van der Waals surface area contributed by atoms with E-state index in [-0.39, 0.29) is 17.9 Å². The molecule has 0 unspecified atom stereocenters. The van der Waals surface area contributed by atoms with Crippen LogP contribution in [0.2, 0.25) is 0 Å². The molecule has 10 heteroatoms. The Morgan fingerprint density at radius 3 is 3.07 bits per heavy atom. The van der Waals surface area contributed by atoms with Gasteiger partial charge in [-0.1, -0.05) is 0 Å². The molecule has 1 amide bonds. The lowest BCUT2D eigenvalue weighted by Crippen LogP contribution is -2.35. The summed E-state index contributed by atoms with van der Waals surface area (Å²) in [7, 11) is 0. The van der Waals surface area contributed by atoms with Crippen molar-refractivity contribution in [2.45, 2.75) is 31.9 Å². The minimum absolute atomic E-state index is 0.147. The molecule has 0 saturated heterocycles. The second-order valence-corrected chi connectivity index (χ2v) is 7.64. The van der Waals surface area contributed by atoms with Gasteiger partial charge in [-0.25, -0.2) is 4.98 Å². The summed E-state index contributed by atoms with van der Waals surface area (Å²) in [4.78, 5) is 21.5. The summed E-state index contributed by atoms with van der Waals surface area (Å²) in [5.41, 5.74) is 7.76. The Morgan fingerprint density at radius 2 is 2.37 bits per heavy atom. The predicted octanol–water partition coefficient (Wildman–Crippen LogP) is 2.82. The van der Waals surface area contributed by atoms with E-state index >= 15 is 0 Å². The largest absolute Gasteiger partial charge is 0.451 e. The number of amides is 1. The highest BCUT2D eigenvalue weighted by atomic mass is 32.1. The first-order chi connectivity index (χ1) is 14.6. The number of nitrogens with zero attached hydrogens (tertiary/aromatic N) is 3. The van der Waals surface area contributed by atoms with Crippen LogP contribution < -0.4 is 11.1 Å². The van der Waals surface area contributed by atoms with Crippen molar-refractivity contribution in [1.29, 1.82) is 0 Å². The van der Waals surface area contributed by atoms with Gasteiger partial charge in [0.2, 0.25) is 0 Å². The molecule has 1 saturated carbocycles. The van der Waals surface area contributed by atoms with Crippen LogP contribution in [0.4, 0.5) is 0 Å². The Hall–Kier alpha value is -3.24. The summed E-state index contributed by atoms with van der Waals surface area (Å²) in [5.74, 6) is 0.271. The van der Waals surface area contributed by atoms with Crippen LogP contribution in [0, 0.1) is 0 Å². The van der Waals surface area contributed by atoms with Gasteiger partial charge in [0.25, 0.3) is 5.91 Å². The van der Waals surface area contributed by atoms with Gasteiger partial charge >= 0.3 is 0 Å². The fourth-order valence-corrected chi connectivity index (χ4v) is 3.65. The van der Waals surface area contributed by atoms with Crippen LogP contribution in [0.25, 0.3) is 17.0 Å². The molecule has 1 aliphatic rings. The van der Waals surface area contributed by atoms with E-state index in [2.05, 4.69) is 25.5 Å². The van der Waals surface area contributed by atoms with Crippen molar-refractivity contribution < 1.29 is 13.9 Å². The summed E-state index contributed by atoms with van der Waals surface area (Å²) in [6.07, 6.45) is 8.53. The zero-order valence-corrected chi connectivity index (χ0v) is 17.2. The van der Waals surface area contributed by atoms with Gasteiger partial charge in [-0.15, -0.1) is 11.3 Å². The molecule has 3 aromatic heterocycles. The lowest BCUT2D eigenvalue weighted by Gasteiger charge is -2.32. The first-order valence-corrected chi connectivity index (χ1v) is 10.5. The van der Waals surface area contributed by atoms with Gasteiger partial charge < -0.3 is 20.2 Å². The second kappa shape index (κ2) is 9.06. The van der Waals surface area contributed by atoms with Gasteiger partial charge in [-0.3, -0.25) is 14.9 Å². The number of H-pyrrole nitrogens is 1. The lowest BCUT2D eigenvalue weighted by molar-refractivity contribution is -0.000591. The maximum Gasteiger partial charge on any atom is 0.291 e. The van der Waals surface area contributed by atoms with Crippen LogP contribution in [-0.2, 0) is 4.74 Å². The Balaban J connectivity index is 1.50. The van der Waals surface area contributed by atoms with Crippen LogP contribution in [0.15, 0.2) is 51.2 Å². The normalized spacial score (nSPS) is 19.5. The van der Waals surface area contributed by atoms with E-state index < -0.39 is 5.91 Å². The van der Waals surface area contributed by atoms with Crippen LogP contribution in [0.1, 0.15) is 35.3 Å². The third kappa shape index (κ3) is 4.50. The van der Waals surface area contributed by atoms with Gasteiger partial charge in [0.15, 0.2) is 5.76 Å². The number of carbonyl (C=O) groups excluding carboxylic acids is 1. The van der Waals surface area contributed by atoms with Crippen molar-refractivity contribution in [1.82, 2.24) is 20.5 Å². The molecule has 0 spiro atoms. The number of carbonyl (C=O) groups is 1. The molecular weight excluding hydrogens is 404 g/mol. The highest BCUT2D eigenvalue weighted by molar-refractivity contribution is 7.10. The van der Waals surface area contributed by atoms with Crippen molar-refractivity contribution in [3.8, 4) is 11.3 Å². The van der Waals surface area contributed by atoms with E-state index in [1.54, 1.807) is 36.9 Å². The van der Waals surface area contributed by atoms with Gasteiger partial charge in [0, 0.05) is 30.6 Å². The Morgan fingerprint density at radius 1 is 1.50 bits per heavy atom. The van der Waals surface area contributed by atoms with E-state index in [1.165, 1.54) is 11.3 Å². The second-order valence-electron chi connectivity index (χ2n) is 6.75. The maximum atomic E-state index is 12.8. The number of rotatable bonds is 8. The molecule has 4 N–H and O–H groups in total. The number of nitrogens with two attached hydrogens (primary N) is 1. The molecule has 156 valence electrons. The van der Waals surface area contributed by atoms with Gasteiger partial charge in [-0.05, 0) is 31.9 Å². The minimum atomic E-state index is -0.425. The highest BCUT2D eigenvalue weighted by Crippen LogP contribution is 2.26. The maximum absolute atomic E-state index is 12.8. The highest BCUT2D eigenvalue weighted by Gasteiger charge is 2.28. The number of furan rings is 1. The first kappa shape index (κ1) is 20.0. The van der Waals surface area contributed by atoms with Crippen LogP contribution in [0.3, 0.4) is 0 Å². The van der Waals surface area contributed by atoms with Crippen molar-refractivity contribution in [2.75, 3.05) is 6.61 Å². The Bertz CT molecular complexity index is 1030. The molecule has 30 heavy (non-hydrogen) atoms. The smallest absolute Gasteiger partial charge is 0.291 e. The Labute approximate surface area is 177 Å². The van der Waals surface area contributed by atoms with Gasteiger partial charge in [-0.2, -0.15) is 5.10 Å². The molecule has 1 fully saturated rings. The van der Waals surface area contributed by atoms with Crippen LogP contribution >= 0.6 is 11.3 Å². The van der Waals surface area contributed by atoms with E-state index in [9.17, 15) is 4.79 Å². The molecule has 0 aromatic carbocycles. The lowest BCUT2D eigenvalue weighted by atomic mass is 9.90. The fourth-order valence-electron chi connectivity index (χ4n) is 3.04. The quantitative estimate of drug-likeness (QED) is 0.475. The summed E-state index contributed by atoms with van der Waals surface area (Å²) in [5, 5.41) is 11.8. The number of aromatic amines is 1. The van der Waals surface area contributed by atoms with Crippen molar-refractivity contribution >= 4 is 29.2 Å². The van der Waals surface area contributed by atoms with Gasteiger partial charge in [0.1, 0.15) is 10.8 Å². The average molecular weight is 427 g/mol. The zero-order chi connectivity index (χ0) is 20.9. The summed E-state index contributed by atoms with van der Waals surface area (Å²) in [6.45, 7) is 2.68. The molecule has 0 bridgehead atoms. The SMILES string of the molecule is CCOC1CC(N=CC(NC(=O)c2ccc(-c3cn[nH]c3)o2)=C(N)c2nccs2)C1. The van der Waals surface area contributed by atoms with Crippen molar-refractivity contribution in [3.63, 3.8) is 0 Å². The average Bonchev–Trinajstić information content (AvgIpc) is 3.49. The molecule has 0 radical (unpaired) electrons. The number of thiazole rings is 1. The third-order valence-electron chi connectivity index (χ3n) is 4.70. The van der Waals surface area contributed by atoms with E-state index in [0.717, 1.165) is 18.4 Å². The molecule has 0 atom stereocenters. The molecule has 1 aliphatic carbocycles. The van der Waals surface area contributed by atoms with E-state index in [0.29, 0.717) is 28.8 Å². The summed E-state index contributed by atoms with van der Waals surface area (Å²) < 4.78 is 11.2. The molecule has 3 aromatic rings. The number of hydrogen-bond donors (Lipinski definition) is 3. The Kier molecular flexibility index (Phi) is 6.05. The topological polar surface area (TPSA) is 131 Å². The molecular formula is C20H22N6O3S. The fraction of sp³-hybridized carbons (Fsp3) is 0.300. The summed E-state index contributed by atoms with van der Waals surface area (Å²) >= 11 is 1.38. The number of nitrogens with one attached hydrogen (secondary N) is 2.